The number of hydrazone groups is 1. The van der Waals surface area contributed by atoms with Gasteiger partial charge in [0.05, 0.1) is 11.8 Å². The van der Waals surface area contributed by atoms with Gasteiger partial charge in [0.1, 0.15) is 0 Å². The Kier molecular flexibility index (Phi) is 4.52. The Hall–Kier alpha value is -2.47. The van der Waals surface area contributed by atoms with Gasteiger partial charge in [0.15, 0.2) is 0 Å². The number of thiophene rings is 1. The Labute approximate surface area is 137 Å². The molecular weight excluding hydrogens is 312 g/mol. The number of nitrogens with zero attached hydrogens (tertiary/aromatic N) is 2. The van der Waals surface area contributed by atoms with Crippen LogP contribution in [0.5, 0.6) is 0 Å². The van der Waals surface area contributed by atoms with Gasteiger partial charge < -0.3 is 9.90 Å². The van der Waals surface area contributed by atoms with E-state index in [1.165, 1.54) is 5.01 Å². The van der Waals surface area contributed by atoms with Crippen LogP contribution in [-0.4, -0.2) is 22.6 Å². The summed E-state index contributed by atoms with van der Waals surface area (Å²) in [5.41, 5.74) is 1.81. The maximum Gasteiger partial charge on any atom is 0.243 e. The lowest BCUT2D eigenvalue weighted by Gasteiger charge is -2.20. The average molecular weight is 327 g/mol. The van der Waals surface area contributed by atoms with E-state index in [0.29, 0.717) is 6.42 Å². The van der Waals surface area contributed by atoms with Crippen LogP contribution in [0, 0.1) is 0 Å². The highest BCUT2D eigenvalue weighted by molar-refractivity contribution is 7.10. The SMILES string of the molecule is O=C([O-])CCC(=O)N1N=C(c2ccccc2)CC1c1cccs1. The molecule has 0 bridgehead atoms. The van der Waals surface area contributed by atoms with Crippen molar-refractivity contribution in [3.8, 4) is 0 Å². The third-order valence-electron chi connectivity index (χ3n) is 3.69. The highest BCUT2D eigenvalue weighted by atomic mass is 32.1. The lowest BCUT2D eigenvalue weighted by atomic mass is 10.0. The lowest BCUT2D eigenvalue weighted by Crippen LogP contribution is -2.29. The van der Waals surface area contributed by atoms with Crippen molar-refractivity contribution in [2.45, 2.75) is 25.3 Å². The number of benzene rings is 1. The highest BCUT2D eigenvalue weighted by Gasteiger charge is 2.33. The van der Waals surface area contributed by atoms with Crippen LogP contribution in [0.25, 0.3) is 0 Å². The zero-order valence-corrected chi connectivity index (χ0v) is 13.2. The highest BCUT2D eigenvalue weighted by Crippen LogP contribution is 2.35. The van der Waals surface area contributed by atoms with Crippen LogP contribution in [0.4, 0.5) is 0 Å². The minimum atomic E-state index is -1.22. The predicted molar refractivity (Wildman–Crippen MR) is 85.7 cm³/mol. The van der Waals surface area contributed by atoms with Crippen LogP contribution < -0.4 is 5.11 Å². The zero-order chi connectivity index (χ0) is 16.2. The van der Waals surface area contributed by atoms with Gasteiger partial charge in [-0.25, -0.2) is 5.01 Å². The molecule has 3 rings (SSSR count). The van der Waals surface area contributed by atoms with Crippen LogP contribution in [0.2, 0.25) is 0 Å². The molecule has 0 saturated heterocycles. The number of rotatable bonds is 5. The first-order chi connectivity index (χ1) is 11.1. The molecule has 1 aromatic heterocycles. The Morgan fingerprint density at radius 2 is 1.96 bits per heavy atom. The van der Waals surface area contributed by atoms with E-state index in [2.05, 4.69) is 5.10 Å². The van der Waals surface area contributed by atoms with Gasteiger partial charge in [0.25, 0.3) is 0 Å². The first kappa shape index (κ1) is 15.4. The topological polar surface area (TPSA) is 72.8 Å². The maximum absolute atomic E-state index is 12.4. The van der Waals surface area contributed by atoms with Crippen molar-refractivity contribution in [2.24, 2.45) is 5.10 Å². The molecule has 0 spiro atoms. The van der Waals surface area contributed by atoms with Crippen molar-refractivity contribution >= 4 is 28.9 Å². The molecular formula is C17H15N2O3S-. The minimum Gasteiger partial charge on any atom is -0.550 e. The Morgan fingerprint density at radius 1 is 1.17 bits per heavy atom. The van der Waals surface area contributed by atoms with Crippen LogP contribution in [0.3, 0.4) is 0 Å². The van der Waals surface area contributed by atoms with E-state index < -0.39 is 5.97 Å². The zero-order valence-electron chi connectivity index (χ0n) is 12.3. The number of carbonyl (C=O) groups is 2. The second-order valence-corrected chi connectivity index (χ2v) is 6.24. The first-order valence-corrected chi connectivity index (χ1v) is 8.21. The number of hydrogen-bond acceptors (Lipinski definition) is 5. The molecule has 23 heavy (non-hydrogen) atoms. The summed E-state index contributed by atoms with van der Waals surface area (Å²) in [6, 6.07) is 13.4. The monoisotopic (exact) mass is 327 g/mol. The van der Waals surface area contributed by atoms with E-state index in [1.54, 1.807) is 11.3 Å². The molecule has 1 aliphatic heterocycles. The summed E-state index contributed by atoms with van der Waals surface area (Å²) in [5.74, 6) is -1.52. The predicted octanol–water partition coefficient (Wildman–Crippen LogP) is 1.96. The molecule has 1 aromatic carbocycles. The van der Waals surface area contributed by atoms with E-state index in [4.69, 9.17) is 0 Å². The Balaban J connectivity index is 1.86. The fraction of sp³-hybridized carbons (Fsp3) is 0.235. The smallest absolute Gasteiger partial charge is 0.243 e. The van der Waals surface area contributed by atoms with E-state index in [0.717, 1.165) is 16.2 Å². The second-order valence-electron chi connectivity index (χ2n) is 5.26. The summed E-state index contributed by atoms with van der Waals surface area (Å²) in [6.07, 6.45) is 0.236. The fourth-order valence-electron chi connectivity index (χ4n) is 2.57. The number of carboxylic acid groups (broad SMARTS) is 1. The van der Waals surface area contributed by atoms with Crippen LogP contribution in [0.15, 0.2) is 52.9 Å². The van der Waals surface area contributed by atoms with Crippen molar-refractivity contribution in [1.29, 1.82) is 0 Å². The minimum absolute atomic E-state index is 0.101. The molecule has 6 heteroatoms. The fourth-order valence-corrected chi connectivity index (χ4v) is 3.38. The molecule has 2 heterocycles. The number of carboxylic acids is 1. The molecule has 0 aliphatic carbocycles. The molecule has 1 atom stereocenters. The van der Waals surface area contributed by atoms with E-state index in [-0.39, 0.29) is 24.8 Å². The lowest BCUT2D eigenvalue weighted by molar-refractivity contribution is -0.305. The molecule has 0 fully saturated rings. The van der Waals surface area contributed by atoms with Crippen molar-refractivity contribution in [2.75, 3.05) is 0 Å². The maximum atomic E-state index is 12.4. The van der Waals surface area contributed by atoms with Crippen LogP contribution in [-0.2, 0) is 9.59 Å². The van der Waals surface area contributed by atoms with Gasteiger partial charge in [-0.3, -0.25) is 4.79 Å². The van der Waals surface area contributed by atoms with E-state index in [9.17, 15) is 14.7 Å². The van der Waals surface area contributed by atoms with Crippen LogP contribution >= 0.6 is 11.3 Å². The van der Waals surface area contributed by atoms with Gasteiger partial charge in [-0.2, -0.15) is 5.10 Å². The quantitative estimate of drug-likeness (QED) is 0.842. The summed E-state index contributed by atoms with van der Waals surface area (Å²) in [7, 11) is 0. The number of carbonyl (C=O) groups excluding carboxylic acids is 2. The average Bonchev–Trinajstić information content (AvgIpc) is 3.22. The summed E-state index contributed by atoms with van der Waals surface area (Å²) < 4.78 is 0. The summed E-state index contributed by atoms with van der Waals surface area (Å²) in [6.45, 7) is 0. The molecule has 1 unspecified atom stereocenters. The van der Waals surface area contributed by atoms with Gasteiger partial charge in [-0.1, -0.05) is 36.4 Å². The normalized spacial score (nSPS) is 17.1. The molecule has 1 aliphatic rings. The van der Waals surface area contributed by atoms with Crippen molar-refractivity contribution in [3.05, 3.63) is 58.3 Å². The van der Waals surface area contributed by atoms with Crippen molar-refractivity contribution in [3.63, 3.8) is 0 Å². The van der Waals surface area contributed by atoms with Gasteiger partial charge in [0, 0.05) is 23.7 Å². The van der Waals surface area contributed by atoms with Gasteiger partial charge in [-0.05, 0) is 23.4 Å². The first-order valence-electron chi connectivity index (χ1n) is 7.33. The molecule has 0 radical (unpaired) electrons. The van der Waals surface area contributed by atoms with Crippen molar-refractivity contribution in [1.82, 2.24) is 5.01 Å². The van der Waals surface area contributed by atoms with E-state index >= 15 is 0 Å². The standard InChI is InChI=1S/C17H16N2O3S/c20-16(8-9-17(21)22)19-14(15-7-4-10-23-15)11-13(18-19)12-5-2-1-3-6-12/h1-7,10,14H,8-9,11H2,(H,21,22)/p-1. The van der Waals surface area contributed by atoms with Gasteiger partial charge in [0.2, 0.25) is 5.91 Å². The number of aliphatic carboxylic acids is 1. The number of hydrogen-bond donors (Lipinski definition) is 0. The molecule has 5 nitrogen and oxygen atoms in total. The molecule has 0 N–H and O–H groups in total. The third-order valence-corrected chi connectivity index (χ3v) is 4.66. The molecule has 1 amide bonds. The Morgan fingerprint density at radius 3 is 2.61 bits per heavy atom. The molecule has 2 aromatic rings. The van der Waals surface area contributed by atoms with Gasteiger partial charge in [-0.15, -0.1) is 11.3 Å². The van der Waals surface area contributed by atoms with Crippen molar-refractivity contribution < 1.29 is 14.7 Å². The third kappa shape index (κ3) is 3.48. The van der Waals surface area contributed by atoms with Crippen LogP contribution in [0.1, 0.15) is 35.7 Å². The molecule has 0 saturated carbocycles. The van der Waals surface area contributed by atoms with E-state index in [1.807, 2.05) is 47.8 Å². The summed E-state index contributed by atoms with van der Waals surface area (Å²) in [5, 5.41) is 18.5. The number of amides is 1. The van der Waals surface area contributed by atoms with Gasteiger partial charge >= 0.3 is 0 Å². The Bertz CT molecular complexity index is 726. The second kappa shape index (κ2) is 6.75. The largest absolute Gasteiger partial charge is 0.550 e. The summed E-state index contributed by atoms with van der Waals surface area (Å²) in [4.78, 5) is 24.0. The summed E-state index contributed by atoms with van der Waals surface area (Å²) >= 11 is 1.57. The molecule has 118 valence electrons.